The molecule has 5 atom stereocenters. The van der Waals surface area contributed by atoms with Crippen molar-refractivity contribution in [3.8, 4) is 0 Å². The minimum absolute atomic E-state index is 0.771. The Kier molecular flexibility index (Phi) is 1.41. The highest BCUT2D eigenvalue weighted by Crippen LogP contribution is 2.70. The molecule has 2 rings (SSSR count). The first-order valence-electron chi connectivity index (χ1n) is 5.11. The molecule has 5 unspecified atom stereocenters. The summed E-state index contributed by atoms with van der Waals surface area (Å²) in [5.74, 6) is 4.17. The molecule has 2 fully saturated rings. The predicted molar refractivity (Wildman–Crippen MR) is 48.3 cm³/mol. The van der Waals surface area contributed by atoms with Gasteiger partial charge in [0.15, 0.2) is 0 Å². The van der Waals surface area contributed by atoms with Gasteiger partial charge in [-0.1, -0.05) is 34.1 Å². The SMILES string of the molecule is CCC1C(C)C2C(C)CC12C. The van der Waals surface area contributed by atoms with Gasteiger partial charge in [0, 0.05) is 0 Å². The number of fused-ring (bicyclic) bond motifs is 1. The lowest BCUT2D eigenvalue weighted by Gasteiger charge is -2.70. The van der Waals surface area contributed by atoms with Crippen LogP contribution in [0.1, 0.15) is 40.5 Å². The Hall–Kier alpha value is 0. The Morgan fingerprint density at radius 3 is 2.36 bits per heavy atom. The van der Waals surface area contributed by atoms with Gasteiger partial charge in [-0.05, 0) is 35.5 Å². The van der Waals surface area contributed by atoms with Crippen molar-refractivity contribution >= 4 is 0 Å². The lowest BCUT2D eigenvalue weighted by atomic mass is 9.34. The zero-order valence-corrected chi connectivity index (χ0v) is 8.22. The Labute approximate surface area is 70.4 Å². The van der Waals surface area contributed by atoms with Crippen molar-refractivity contribution in [1.82, 2.24) is 0 Å². The monoisotopic (exact) mass is 152 g/mol. The zero-order chi connectivity index (χ0) is 8.22. The van der Waals surface area contributed by atoms with E-state index in [-0.39, 0.29) is 0 Å². The van der Waals surface area contributed by atoms with E-state index in [1.807, 2.05) is 0 Å². The quantitative estimate of drug-likeness (QED) is 0.540. The van der Waals surface area contributed by atoms with Crippen molar-refractivity contribution in [1.29, 1.82) is 0 Å². The molecule has 0 heterocycles. The lowest BCUT2D eigenvalue weighted by Crippen LogP contribution is -2.64. The van der Waals surface area contributed by atoms with Crippen LogP contribution in [0.4, 0.5) is 0 Å². The van der Waals surface area contributed by atoms with Crippen LogP contribution in [0.15, 0.2) is 0 Å². The topological polar surface area (TPSA) is 0 Å². The summed E-state index contributed by atoms with van der Waals surface area (Å²) in [5.41, 5.74) is 0.771. The fourth-order valence-corrected chi connectivity index (χ4v) is 4.53. The van der Waals surface area contributed by atoms with Crippen LogP contribution >= 0.6 is 0 Å². The summed E-state index contributed by atoms with van der Waals surface area (Å²) in [7, 11) is 0. The third-order valence-corrected chi connectivity index (χ3v) is 4.62. The Morgan fingerprint density at radius 2 is 2.00 bits per heavy atom. The summed E-state index contributed by atoms with van der Waals surface area (Å²) in [6.45, 7) is 9.74. The maximum Gasteiger partial charge on any atom is -0.0259 e. The summed E-state index contributed by atoms with van der Waals surface area (Å²) < 4.78 is 0. The van der Waals surface area contributed by atoms with Crippen LogP contribution in [-0.2, 0) is 0 Å². The molecule has 0 aromatic carbocycles. The lowest BCUT2D eigenvalue weighted by molar-refractivity contribution is -0.220. The largest absolute Gasteiger partial charge is 0.0651 e. The molecule has 0 aliphatic heterocycles. The molecule has 0 aromatic rings. The van der Waals surface area contributed by atoms with Gasteiger partial charge in [-0.3, -0.25) is 0 Å². The molecule has 0 heteroatoms. The molecule has 0 nitrogen and oxygen atoms in total. The van der Waals surface area contributed by atoms with E-state index in [0.717, 1.165) is 29.1 Å². The van der Waals surface area contributed by atoms with Gasteiger partial charge >= 0.3 is 0 Å². The maximum atomic E-state index is 2.51. The van der Waals surface area contributed by atoms with E-state index in [1.165, 1.54) is 12.8 Å². The average Bonchev–Trinajstić information content (AvgIpc) is 1.86. The minimum Gasteiger partial charge on any atom is -0.0651 e. The minimum atomic E-state index is 0.771. The molecule has 2 saturated carbocycles. The maximum absolute atomic E-state index is 2.51. The molecule has 0 N–H and O–H groups in total. The molecule has 64 valence electrons. The van der Waals surface area contributed by atoms with Gasteiger partial charge < -0.3 is 0 Å². The van der Waals surface area contributed by atoms with Gasteiger partial charge in [0.05, 0.1) is 0 Å². The van der Waals surface area contributed by atoms with Crippen molar-refractivity contribution in [2.75, 3.05) is 0 Å². The van der Waals surface area contributed by atoms with Gasteiger partial charge in [-0.25, -0.2) is 0 Å². The highest BCUT2D eigenvalue weighted by atomic mass is 14.7. The standard InChI is InChI=1S/C11H20/c1-5-9-8(3)10-7(2)6-11(9,10)4/h7-10H,5-6H2,1-4H3. The Morgan fingerprint density at radius 1 is 1.36 bits per heavy atom. The first-order chi connectivity index (χ1) is 5.11. The van der Waals surface area contributed by atoms with Crippen molar-refractivity contribution < 1.29 is 0 Å². The first kappa shape index (κ1) is 7.64. The number of rotatable bonds is 1. The van der Waals surface area contributed by atoms with Crippen LogP contribution in [0, 0.1) is 29.1 Å². The van der Waals surface area contributed by atoms with Gasteiger partial charge in [0.1, 0.15) is 0 Å². The van der Waals surface area contributed by atoms with Gasteiger partial charge in [0.2, 0.25) is 0 Å². The summed E-state index contributed by atoms with van der Waals surface area (Å²) in [5, 5.41) is 0. The molecule has 2 aliphatic rings. The summed E-state index contributed by atoms with van der Waals surface area (Å²) >= 11 is 0. The average molecular weight is 152 g/mol. The highest BCUT2D eigenvalue weighted by Gasteiger charge is 2.64. The third-order valence-electron chi connectivity index (χ3n) is 4.62. The zero-order valence-electron chi connectivity index (χ0n) is 8.22. The van der Waals surface area contributed by atoms with Crippen LogP contribution in [0.5, 0.6) is 0 Å². The summed E-state index contributed by atoms with van der Waals surface area (Å²) in [6.07, 6.45) is 2.90. The van der Waals surface area contributed by atoms with Crippen LogP contribution in [0.2, 0.25) is 0 Å². The van der Waals surface area contributed by atoms with Crippen LogP contribution < -0.4 is 0 Å². The second-order valence-corrected chi connectivity index (χ2v) is 5.09. The third kappa shape index (κ3) is 0.666. The highest BCUT2D eigenvalue weighted by molar-refractivity contribution is 5.12. The van der Waals surface area contributed by atoms with E-state index < -0.39 is 0 Å². The van der Waals surface area contributed by atoms with E-state index in [1.54, 1.807) is 0 Å². The fraction of sp³-hybridized carbons (Fsp3) is 1.00. The molecule has 11 heavy (non-hydrogen) atoms. The molecule has 0 aromatic heterocycles. The normalized spacial score (nSPS) is 61.1. The van der Waals surface area contributed by atoms with Crippen molar-refractivity contribution in [2.45, 2.75) is 40.5 Å². The smallest absolute Gasteiger partial charge is 0.0259 e. The van der Waals surface area contributed by atoms with E-state index in [4.69, 9.17) is 0 Å². The van der Waals surface area contributed by atoms with Gasteiger partial charge in [-0.2, -0.15) is 0 Å². The molecule has 0 radical (unpaired) electrons. The molecule has 0 bridgehead atoms. The van der Waals surface area contributed by atoms with Crippen molar-refractivity contribution in [3.63, 3.8) is 0 Å². The van der Waals surface area contributed by atoms with E-state index in [2.05, 4.69) is 27.7 Å². The Balaban J connectivity index is 2.10. The second kappa shape index (κ2) is 2.02. The van der Waals surface area contributed by atoms with Crippen molar-refractivity contribution in [2.24, 2.45) is 29.1 Å². The summed E-state index contributed by atoms with van der Waals surface area (Å²) in [6, 6.07) is 0. The van der Waals surface area contributed by atoms with E-state index >= 15 is 0 Å². The Bertz CT molecular complexity index is 165. The van der Waals surface area contributed by atoms with Crippen molar-refractivity contribution in [3.05, 3.63) is 0 Å². The van der Waals surface area contributed by atoms with E-state index in [0.29, 0.717) is 0 Å². The van der Waals surface area contributed by atoms with E-state index in [9.17, 15) is 0 Å². The molecular formula is C11H20. The first-order valence-corrected chi connectivity index (χ1v) is 5.11. The summed E-state index contributed by atoms with van der Waals surface area (Å²) in [4.78, 5) is 0. The van der Waals surface area contributed by atoms with Crippen LogP contribution in [0.3, 0.4) is 0 Å². The number of hydrogen-bond acceptors (Lipinski definition) is 0. The molecule has 0 amide bonds. The van der Waals surface area contributed by atoms with Gasteiger partial charge in [0.25, 0.3) is 0 Å². The predicted octanol–water partition coefficient (Wildman–Crippen LogP) is 3.32. The molecular weight excluding hydrogens is 132 g/mol. The molecule has 2 aliphatic carbocycles. The fourth-order valence-electron chi connectivity index (χ4n) is 4.53. The van der Waals surface area contributed by atoms with Crippen LogP contribution in [-0.4, -0.2) is 0 Å². The second-order valence-electron chi connectivity index (χ2n) is 5.09. The van der Waals surface area contributed by atoms with Gasteiger partial charge in [-0.15, -0.1) is 0 Å². The molecule has 0 saturated heterocycles. The van der Waals surface area contributed by atoms with Crippen LogP contribution in [0.25, 0.3) is 0 Å². The number of hydrogen-bond donors (Lipinski definition) is 0. The molecule has 0 spiro atoms.